The summed E-state index contributed by atoms with van der Waals surface area (Å²) in [5.41, 5.74) is 1.32. The molecule has 2 N–H and O–H groups in total. The lowest BCUT2D eigenvalue weighted by Crippen LogP contribution is -2.25. The molecular weight excluding hydrogens is 290 g/mol. The van der Waals surface area contributed by atoms with Crippen LogP contribution in [0.2, 0.25) is 0 Å². The topological polar surface area (TPSA) is 64.9 Å². The van der Waals surface area contributed by atoms with Crippen molar-refractivity contribution in [3.05, 3.63) is 35.9 Å². The molecule has 1 aromatic carbocycles. The molecule has 1 amide bonds. The molecule has 0 spiro atoms. The Labute approximate surface area is 132 Å². The Bertz CT molecular complexity index is 413. The largest absolute Gasteiger partial charge is 0.411 e. The fourth-order valence-corrected chi connectivity index (χ4v) is 1.97. The van der Waals surface area contributed by atoms with E-state index in [4.69, 9.17) is 5.21 Å². The number of oxime groups is 1. The summed E-state index contributed by atoms with van der Waals surface area (Å²) >= 11 is 0. The molecule has 0 heterocycles. The molecule has 0 aliphatic rings. The van der Waals surface area contributed by atoms with E-state index in [2.05, 4.69) is 46.7 Å². The fraction of sp³-hybridized carbons (Fsp3) is 0.467. The van der Waals surface area contributed by atoms with Crippen molar-refractivity contribution < 1.29 is 10.0 Å². The predicted molar refractivity (Wildman–Crippen MR) is 87.2 cm³/mol. The summed E-state index contributed by atoms with van der Waals surface area (Å²) in [5, 5.41) is 13.5. The molecule has 0 aromatic heterocycles. The lowest BCUT2D eigenvalue weighted by atomic mass is 10.2. The fourth-order valence-electron chi connectivity index (χ4n) is 1.97. The molecule has 0 atom stereocenters. The maximum Gasteiger partial charge on any atom is 0.265 e. The van der Waals surface area contributed by atoms with Gasteiger partial charge < -0.3 is 15.4 Å². The van der Waals surface area contributed by atoms with Gasteiger partial charge in [-0.25, -0.2) is 0 Å². The molecule has 0 unspecified atom stereocenters. The number of hydrogen-bond acceptors (Lipinski definition) is 4. The molecule has 5 nitrogen and oxygen atoms in total. The molecule has 0 radical (unpaired) electrons. The SMILES string of the molecule is CN(CCCCCNC(=O)/C=N/O)Cc1ccccc1.Cl. The van der Waals surface area contributed by atoms with E-state index in [1.54, 1.807) is 0 Å². The standard InChI is InChI=1S/C15H23N3O2.ClH/c1-18(13-14-8-4-2-5-9-14)11-7-3-6-10-16-15(19)12-17-20;/h2,4-5,8-9,12,20H,3,6-7,10-11,13H2,1H3,(H,16,19);1H/b17-12+;. The van der Waals surface area contributed by atoms with Crippen LogP contribution in [0.25, 0.3) is 0 Å². The Morgan fingerprint density at radius 2 is 2.00 bits per heavy atom. The second kappa shape index (κ2) is 12.2. The summed E-state index contributed by atoms with van der Waals surface area (Å²) in [7, 11) is 2.12. The van der Waals surface area contributed by atoms with E-state index in [-0.39, 0.29) is 18.3 Å². The number of hydrogen-bond donors (Lipinski definition) is 2. The normalized spacial score (nSPS) is 10.6. The van der Waals surface area contributed by atoms with Gasteiger partial charge in [0.1, 0.15) is 6.21 Å². The number of halogens is 1. The molecule has 1 rings (SSSR count). The minimum Gasteiger partial charge on any atom is -0.411 e. The third-order valence-electron chi connectivity index (χ3n) is 2.99. The van der Waals surface area contributed by atoms with Gasteiger partial charge in [0.2, 0.25) is 0 Å². The number of carbonyl (C=O) groups excluding carboxylic acids is 1. The monoisotopic (exact) mass is 313 g/mol. The maximum atomic E-state index is 11.0. The molecule has 0 bridgehead atoms. The van der Waals surface area contributed by atoms with Gasteiger partial charge in [0, 0.05) is 13.1 Å². The zero-order valence-electron chi connectivity index (χ0n) is 12.4. The Kier molecular flexibility index (Phi) is 11.3. The summed E-state index contributed by atoms with van der Waals surface area (Å²) in [4.78, 5) is 13.3. The molecule has 21 heavy (non-hydrogen) atoms. The lowest BCUT2D eigenvalue weighted by Gasteiger charge is -2.16. The predicted octanol–water partition coefficient (Wildman–Crippen LogP) is 2.29. The highest BCUT2D eigenvalue weighted by Crippen LogP contribution is 2.04. The zero-order valence-corrected chi connectivity index (χ0v) is 13.2. The average Bonchev–Trinajstić information content (AvgIpc) is 2.44. The van der Waals surface area contributed by atoms with Gasteiger partial charge in [-0.15, -0.1) is 12.4 Å². The third kappa shape index (κ3) is 9.87. The summed E-state index contributed by atoms with van der Waals surface area (Å²) in [6, 6.07) is 10.4. The smallest absolute Gasteiger partial charge is 0.265 e. The first-order chi connectivity index (χ1) is 9.72. The van der Waals surface area contributed by atoms with Crippen LogP contribution in [-0.4, -0.2) is 42.4 Å². The first-order valence-electron chi connectivity index (χ1n) is 6.90. The number of unbranched alkanes of at least 4 members (excludes halogenated alkanes) is 2. The number of nitrogens with zero attached hydrogens (tertiary/aromatic N) is 2. The van der Waals surface area contributed by atoms with Crippen molar-refractivity contribution in [2.24, 2.45) is 5.16 Å². The van der Waals surface area contributed by atoms with Crippen molar-refractivity contribution in [3.63, 3.8) is 0 Å². The van der Waals surface area contributed by atoms with Crippen LogP contribution in [-0.2, 0) is 11.3 Å². The van der Waals surface area contributed by atoms with Crippen LogP contribution < -0.4 is 5.32 Å². The van der Waals surface area contributed by atoms with Crippen LogP contribution in [0.15, 0.2) is 35.5 Å². The van der Waals surface area contributed by atoms with E-state index < -0.39 is 0 Å². The van der Waals surface area contributed by atoms with Crippen molar-refractivity contribution >= 4 is 24.5 Å². The van der Waals surface area contributed by atoms with Crippen LogP contribution in [0.5, 0.6) is 0 Å². The Balaban J connectivity index is 0.00000400. The van der Waals surface area contributed by atoms with Gasteiger partial charge in [0.25, 0.3) is 5.91 Å². The van der Waals surface area contributed by atoms with Crippen LogP contribution in [0.4, 0.5) is 0 Å². The number of nitrogens with one attached hydrogen (secondary N) is 1. The summed E-state index contributed by atoms with van der Waals surface area (Å²) in [6.45, 7) is 2.62. The highest BCUT2D eigenvalue weighted by Gasteiger charge is 2.00. The van der Waals surface area contributed by atoms with E-state index in [1.165, 1.54) is 5.56 Å². The molecule has 6 heteroatoms. The molecule has 0 aliphatic heterocycles. The minimum absolute atomic E-state index is 0. The Morgan fingerprint density at radius 1 is 1.29 bits per heavy atom. The molecular formula is C15H24ClN3O2. The van der Waals surface area contributed by atoms with Crippen molar-refractivity contribution in [1.82, 2.24) is 10.2 Å². The van der Waals surface area contributed by atoms with Gasteiger partial charge in [-0.05, 0) is 32.0 Å². The summed E-state index contributed by atoms with van der Waals surface area (Å²) in [6.07, 6.45) is 3.97. The quantitative estimate of drug-likeness (QED) is 0.318. The lowest BCUT2D eigenvalue weighted by molar-refractivity contribution is -0.114. The maximum absolute atomic E-state index is 11.0. The van der Waals surface area contributed by atoms with Crippen LogP contribution in [0, 0.1) is 0 Å². The third-order valence-corrected chi connectivity index (χ3v) is 2.99. The molecule has 0 aliphatic carbocycles. The average molecular weight is 314 g/mol. The molecule has 0 saturated carbocycles. The molecule has 1 aromatic rings. The van der Waals surface area contributed by atoms with E-state index >= 15 is 0 Å². The summed E-state index contributed by atoms with van der Waals surface area (Å²) in [5.74, 6) is -0.353. The van der Waals surface area contributed by atoms with Gasteiger partial charge >= 0.3 is 0 Å². The van der Waals surface area contributed by atoms with Gasteiger partial charge in [-0.1, -0.05) is 41.9 Å². The van der Waals surface area contributed by atoms with E-state index in [1.807, 2.05) is 6.07 Å². The van der Waals surface area contributed by atoms with Crippen molar-refractivity contribution in [1.29, 1.82) is 0 Å². The Hall–Kier alpha value is -1.59. The highest BCUT2D eigenvalue weighted by atomic mass is 35.5. The Morgan fingerprint density at radius 3 is 2.67 bits per heavy atom. The van der Waals surface area contributed by atoms with Crippen molar-refractivity contribution in [3.8, 4) is 0 Å². The van der Waals surface area contributed by atoms with Crippen LogP contribution >= 0.6 is 12.4 Å². The zero-order chi connectivity index (χ0) is 14.6. The van der Waals surface area contributed by atoms with Gasteiger partial charge in [-0.2, -0.15) is 0 Å². The molecule has 0 saturated heterocycles. The molecule has 118 valence electrons. The van der Waals surface area contributed by atoms with Crippen LogP contribution in [0.1, 0.15) is 24.8 Å². The first-order valence-corrected chi connectivity index (χ1v) is 6.90. The van der Waals surface area contributed by atoms with Crippen LogP contribution in [0.3, 0.4) is 0 Å². The van der Waals surface area contributed by atoms with Crippen molar-refractivity contribution in [2.45, 2.75) is 25.8 Å². The second-order valence-electron chi connectivity index (χ2n) is 4.82. The van der Waals surface area contributed by atoms with E-state index in [9.17, 15) is 4.79 Å². The van der Waals surface area contributed by atoms with Crippen molar-refractivity contribution in [2.75, 3.05) is 20.1 Å². The van der Waals surface area contributed by atoms with E-state index in [0.29, 0.717) is 6.54 Å². The number of benzene rings is 1. The minimum atomic E-state index is -0.353. The highest BCUT2D eigenvalue weighted by molar-refractivity contribution is 6.25. The van der Waals surface area contributed by atoms with Gasteiger partial charge in [0.05, 0.1) is 0 Å². The van der Waals surface area contributed by atoms with Gasteiger partial charge in [-0.3, -0.25) is 4.79 Å². The number of rotatable bonds is 9. The second-order valence-corrected chi connectivity index (χ2v) is 4.82. The molecule has 0 fully saturated rings. The van der Waals surface area contributed by atoms with E-state index in [0.717, 1.165) is 38.6 Å². The van der Waals surface area contributed by atoms with Gasteiger partial charge in [0.15, 0.2) is 0 Å². The number of amides is 1. The first kappa shape index (κ1) is 19.4. The summed E-state index contributed by atoms with van der Waals surface area (Å²) < 4.78 is 0. The number of carbonyl (C=O) groups is 1.